The number of carboxylic acid groups (broad SMARTS) is 1. The maximum Gasteiger partial charge on any atom is 0.349 e. The molecule has 17 heavy (non-hydrogen) atoms. The molecule has 1 N–H and O–H groups in total. The largest absolute Gasteiger partial charge is 0.477 e. The fourth-order valence-corrected chi connectivity index (χ4v) is 3.22. The molecule has 94 valence electrons. The van der Waals surface area contributed by atoms with Gasteiger partial charge in [-0.1, -0.05) is 36.8 Å². The molecule has 1 fully saturated rings. The van der Waals surface area contributed by atoms with E-state index < -0.39 is 5.97 Å². The van der Waals surface area contributed by atoms with Crippen LogP contribution in [0.15, 0.2) is 0 Å². The van der Waals surface area contributed by atoms with Crippen LogP contribution < -0.4 is 4.90 Å². The third kappa shape index (κ3) is 2.55. The minimum absolute atomic E-state index is 0.102. The van der Waals surface area contributed by atoms with E-state index in [0.717, 1.165) is 36.0 Å². The molecule has 6 heteroatoms. The molecular formula is C11H15ClN2O2S. The van der Waals surface area contributed by atoms with E-state index >= 15 is 0 Å². The maximum atomic E-state index is 10.9. The molecule has 0 radical (unpaired) electrons. The van der Waals surface area contributed by atoms with Gasteiger partial charge in [0.05, 0.1) is 0 Å². The van der Waals surface area contributed by atoms with E-state index in [1.54, 1.807) is 0 Å². The summed E-state index contributed by atoms with van der Waals surface area (Å²) in [5.74, 6) is 0.304. The van der Waals surface area contributed by atoms with Crippen molar-refractivity contribution in [2.45, 2.75) is 20.3 Å². The lowest BCUT2D eigenvalue weighted by Gasteiger charge is -2.16. The Hall–Kier alpha value is -0.810. The highest BCUT2D eigenvalue weighted by atomic mass is 35.5. The number of aromatic nitrogens is 1. The van der Waals surface area contributed by atoms with Crippen LogP contribution in [0.4, 0.5) is 5.13 Å². The van der Waals surface area contributed by atoms with Gasteiger partial charge >= 0.3 is 5.97 Å². The zero-order valence-corrected chi connectivity index (χ0v) is 11.4. The van der Waals surface area contributed by atoms with Crippen molar-refractivity contribution in [2.75, 3.05) is 18.0 Å². The van der Waals surface area contributed by atoms with E-state index in [1.165, 1.54) is 0 Å². The van der Waals surface area contributed by atoms with Crippen LogP contribution in [0.2, 0.25) is 5.15 Å². The first-order chi connectivity index (χ1) is 7.99. The van der Waals surface area contributed by atoms with Crippen molar-refractivity contribution in [3.8, 4) is 0 Å². The molecule has 1 aromatic rings. The van der Waals surface area contributed by atoms with Gasteiger partial charge in [0.2, 0.25) is 0 Å². The van der Waals surface area contributed by atoms with Gasteiger partial charge in [-0.25, -0.2) is 9.78 Å². The highest BCUT2D eigenvalue weighted by molar-refractivity contribution is 7.18. The third-order valence-corrected chi connectivity index (χ3v) is 4.70. The number of hydrogen-bond donors (Lipinski definition) is 1. The standard InChI is InChI=1S/C11H15ClN2O2S/c1-6(2)7-3-4-14(5-7)11-13-9(12)8(17-11)10(15)16/h6-7H,3-5H2,1-2H3,(H,15,16). The Balaban J connectivity index is 2.14. The Morgan fingerprint density at radius 1 is 1.65 bits per heavy atom. The number of halogens is 1. The number of hydrogen-bond acceptors (Lipinski definition) is 4. The molecule has 0 spiro atoms. The smallest absolute Gasteiger partial charge is 0.349 e. The minimum Gasteiger partial charge on any atom is -0.477 e. The molecule has 0 saturated carbocycles. The number of anilines is 1. The predicted molar refractivity (Wildman–Crippen MR) is 69.2 cm³/mol. The molecule has 1 saturated heterocycles. The van der Waals surface area contributed by atoms with E-state index in [9.17, 15) is 4.79 Å². The summed E-state index contributed by atoms with van der Waals surface area (Å²) < 4.78 is 0. The molecule has 1 aliphatic rings. The maximum absolute atomic E-state index is 10.9. The van der Waals surface area contributed by atoms with Gasteiger partial charge in [-0.3, -0.25) is 0 Å². The number of thiazole rings is 1. The van der Waals surface area contributed by atoms with Crippen molar-refractivity contribution in [1.82, 2.24) is 4.98 Å². The van der Waals surface area contributed by atoms with Gasteiger partial charge in [0.25, 0.3) is 0 Å². The van der Waals surface area contributed by atoms with Crippen LogP contribution in [0.25, 0.3) is 0 Å². The number of nitrogens with zero attached hydrogens (tertiary/aromatic N) is 2. The van der Waals surface area contributed by atoms with Crippen molar-refractivity contribution < 1.29 is 9.90 Å². The zero-order valence-electron chi connectivity index (χ0n) is 9.81. The van der Waals surface area contributed by atoms with Gasteiger partial charge in [-0.15, -0.1) is 0 Å². The van der Waals surface area contributed by atoms with Crippen molar-refractivity contribution in [2.24, 2.45) is 11.8 Å². The average Bonchev–Trinajstić information content (AvgIpc) is 2.82. The molecule has 1 aliphatic heterocycles. The predicted octanol–water partition coefficient (Wildman–Crippen LogP) is 2.98. The Bertz CT molecular complexity index is 433. The summed E-state index contributed by atoms with van der Waals surface area (Å²) >= 11 is 6.97. The fourth-order valence-electron chi connectivity index (χ4n) is 2.06. The van der Waals surface area contributed by atoms with Crippen LogP contribution in [-0.2, 0) is 0 Å². The molecular weight excluding hydrogens is 260 g/mol. The highest BCUT2D eigenvalue weighted by Crippen LogP contribution is 2.34. The summed E-state index contributed by atoms with van der Waals surface area (Å²) in [6.07, 6.45) is 1.14. The van der Waals surface area contributed by atoms with Gasteiger partial charge < -0.3 is 10.0 Å². The van der Waals surface area contributed by atoms with E-state index in [-0.39, 0.29) is 10.0 Å². The van der Waals surface area contributed by atoms with E-state index in [1.807, 2.05) is 0 Å². The number of rotatable bonds is 3. The molecule has 0 bridgehead atoms. The quantitative estimate of drug-likeness (QED) is 0.921. The molecule has 2 rings (SSSR count). The van der Waals surface area contributed by atoms with Crippen molar-refractivity contribution >= 4 is 34.0 Å². The Labute approximate surface area is 109 Å². The van der Waals surface area contributed by atoms with Gasteiger partial charge in [0, 0.05) is 13.1 Å². The van der Waals surface area contributed by atoms with E-state index in [4.69, 9.17) is 16.7 Å². The molecule has 1 unspecified atom stereocenters. The monoisotopic (exact) mass is 274 g/mol. The second-order valence-electron chi connectivity index (χ2n) is 4.66. The second kappa shape index (κ2) is 4.82. The highest BCUT2D eigenvalue weighted by Gasteiger charge is 2.28. The summed E-state index contributed by atoms with van der Waals surface area (Å²) in [5, 5.41) is 9.76. The minimum atomic E-state index is -1.00. The van der Waals surface area contributed by atoms with Crippen molar-refractivity contribution in [1.29, 1.82) is 0 Å². The summed E-state index contributed by atoms with van der Waals surface area (Å²) in [6, 6.07) is 0. The van der Waals surface area contributed by atoms with E-state index in [0.29, 0.717) is 11.8 Å². The lowest BCUT2D eigenvalue weighted by atomic mass is 9.95. The van der Waals surface area contributed by atoms with Crippen LogP contribution in [0.5, 0.6) is 0 Å². The molecule has 4 nitrogen and oxygen atoms in total. The normalized spacial score (nSPS) is 20.2. The molecule has 1 aromatic heterocycles. The summed E-state index contributed by atoms with van der Waals surface area (Å²) in [5.41, 5.74) is 0. The SMILES string of the molecule is CC(C)C1CCN(c2nc(Cl)c(C(=O)O)s2)C1. The number of carbonyl (C=O) groups is 1. The lowest BCUT2D eigenvalue weighted by Crippen LogP contribution is -2.20. The Morgan fingerprint density at radius 3 is 2.82 bits per heavy atom. The van der Waals surface area contributed by atoms with Gasteiger partial charge in [-0.2, -0.15) is 0 Å². The first kappa shape index (κ1) is 12.6. The molecule has 0 aliphatic carbocycles. The molecule has 0 aromatic carbocycles. The van der Waals surface area contributed by atoms with Crippen LogP contribution in [0.1, 0.15) is 29.9 Å². The molecule has 2 heterocycles. The first-order valence-corrected chi connectivity index (χ1v) is 6.83. The van der Waals surface area contributed by atoms with Gasteiger partial charge in [0.1, 0.15) is 0 Å². The van der Waals surface area contributed by atoms with Crippen LogP contribution >= 0.6 is 22.9 Å². The van der Waals surface area contributed by atoms with Crippen molar-refractivity contribution in [3.05, 3.63) is 10.0 Å². The topological polar surface area (TPSA) is 53.4 Å². The van der Waals surface area contributed by atoms with Gasteiger partial charge in [-0.05, 0) is 18.3 Å². The summed E-state index contributed by atoms with van der Waals surface area (Å²) in [7, 11) is 0. The van der Waals surface area contributed by atoms with Crippen LogP contribution in [-0.4, -0.2) is 29.1 Å². The third-order valence-electron chi connectivity index (χ3n) is 3.21. The Morgan fingerprint density at radius 2 is 2.35 bits per heavy atom. The summed E-state index contributed by atoms with van der Waals surface area (Å²) in [4.78, 5) is 17.3. The Kier molecular flexibility index (Phi) is 3.58. The summed E-state index contributed by atoms with van der Waals surface area (Å²) in [6.45, 7) is 6.31. The van der Waals surface area contributed by atoms with Crippen LogP contribution in [0, 0.1) is 11.8 Å². The van der Waals surface area contributed by atoms with Gasteiger partial charge in [0.15, 0.2) is 15.2 Å². The van der Waals surface area contributed by atoms with Crippen molar-refractivity contribution in [3.63, 3.8) is 0 Å². The second-order valence-corrected chi connectivity index (χ2v) is 6.00. The zero-order chi connectivity index (χ0) is 12.6. The van der Waals surface area contributed by atoms with E-state index in [2.05, 4.69) is 23.7 Å². The fraction of sp³-hybridized carbons (Fsp3) is 0.636. The lowest BCUT2D eigenvalue weighted by molar-refractivity contribution is 0.0702. The van der Waals surface area contributed by atoms with Crippen LogP contribution in [0.3, 0.4) is 0 Å². The molecule has 1 atom stereocenters. The number of aromatic carboxylic acids is 1. The average molecular weight is 275 g/mol. The first-order valence-electron chi connectivity index (χ1n) is 5.63. The molecule has 0 amide bonds. The number of carboxylic acids is 1.